The summed E-state index contributed by atoms with van der Waals surface area (Å²) in [6.45, 7) is 23.6. The average Bonchev–Trinajstić information content (AvgIpc) is 3.14. The summed E-state index contributed by atoms with van der Waals surface area (Å²) in [4.78, 5) is 22.0. The lowest BCUT2D eigenvalue weighted by atomic mass is 9.89. The quantitative estimate of drug-likeness (QED) is 0.0474. The molecule has 0 aromatic heterocycles. The van der Waals surface area contributed by atoms with E-state index in [-0.39, 0.29) is 35.1 Å². The highest BCUT2D eigenvalue weighted by atomic mass is 16.5. The second-order valence-electron chi connectivity index (χ2n) is 11.5. The van der Waals surface area contributed by atoms with Crippen molar-refractivity contribution in [1.29, 1.82) is 0 Å². The number of benzene rings is 1. The van der Waals surface area contributed by atoms with E-state index in [0.29, 0.717) is 28.9 Å². The number of aliphatic hydroxyl groups is 1. The van der Waals surface area contributed by atoms with Gasteiger partial charge in [-0.3, -0.25) is 9.59 Å². The van der Waals surface area contributed by atoms with Crippen LogP contribution in [-0.4, -0.2) is 69.0 Å². The molecular formula is C42H70O9. The number of carbonyl (C=O) groups excluding carboxylic acids is 2. The first-order valence-corrected chi connectivity index (χ1v) is 17.3. The zero-order valence-corrected chi connectivity index (χ0v) is 34.2. The van der Waals surface area contributed by atoms with E-state index in [1.165, 1.54) is 39.0 Å². The molecule has 9 heteroatoms. The third kappa shape index (κ3) is 25.5. The Kier molecular flexibility index (Phi) is 36.2. The Morgan fingerprint density at radius 3 is 1.92 bits per heavy atom. The van der Waals surface area contributed by atoms with Crippen LogP contribution in [0.1, 0.15) is 88.5 Å². The van der Waals surface area contributed by atoms with Gasteiger partial charge in [0.05, 0.1) is 33.0 Å². The summed E-state index contributed by atoms with van der Waals surface area (Å²) in [6, 6.07) is 2.78. The van der Waals surface area contributed by atoms with Gasteiger partial charge in [0.1, 0.15) is 17.8 Å². The first kappa shape index (κ1) is 53.7. The number of aldehydes is 1. The molecule has 1 rings (SSSR count). The first-order chi connectivity index (χ1) is 24.2. The summed E-state index contributed by atoms with van der Waals surface area (Å²) in [5, 5.41) is 25.3. The highest BCUT2D eigenvalue weighted by molar-refractivity contribution is 5.99. The Bertz CT molecular complexity index is 1240. The molecule has 9 nitrogen and oxygen atoms in total. The van der Waals surface area contributed by atoms with Crippen molar-refractivity contribution in [3.63, 3.8) is 0 Å². The standard InChI is InChI=1S/C21H34O2.C10H16O2.C8H10O4.C2H6.CH4O/c1-7-17(2)11-8-9-14-21(23-6)20(5)15-18(3)12-10-13-19(4)16-22;1-6-9(8(4)12-5)10(11)7(2)3;1-11-5-3-6(9)8(10)7(4-5)12-2;2*1-2/h7-9,11,13-14,16,18,20-21H,10,12,15H2,1-6H3;6-7H,4H2,1-3,5H3;3-4,9-10H,1-2H3;1-2H3;2H,1H3/b11-8+,14-9+,17-7+,19-13+;9-6+;;;. The molecule has 0 saturated heterocycles. The molecule has 0 spiro atoms. The maximum Gasteiger partial charge on any atom is 0.200 e. The van der Waals surface area contributed by atoms with Gasteiger partial charge in [0.25, 0.3) is 0 Å². The maximum atomic E-state index is 11.5. The average molecular weight is 719 g/mol. The molecule has 1 aromatic carbocycles. The summed E-state index contributed by atoms with van der Waals surface area (Å²) >= 11 is 0. The second-order valence-corrected chi connectivity index (χ2v) is 11.5. The summed E-state index contributed by atoms with van der Waals surface area (Å²) in [5.74, 6) is 1.67. The van der Waals surface area contributed by atoms with Crippen LogP contribution in [0.4, 0.5) is 0 Å². The lowest BCUT2D eigenvalue weighted by Crippen LogP contribution is -2.20. The van der Waals surface area contributed by atoms with Crippen LogP contribution < -0.4 is 9.47 Å². The van der Waals surface area contributed by atoms with Gasteiger partial charge >= 0.3 is 0 Å². The van der Waals surface area contributed by atoms with Crippen molar-refractivity contribution in [1.82, 2.24) is 0 Å². The van der Waals surface area contributed by atoms with Crippen molar-refractivity contribution < 1.29 is 43.9 Å². The highest BCUT2D eigenvalue weighted by Crippen LogP contribution is 2.38. The topological polar surface area (TPSA) is 132 Å². The van der Waals surface area contributed by atoms with Gasteiger partial charge in [-0.25, -0.2) is 0 Å². The van der Waals surface area contributed by atoms with Crippen molar-refractivity contribution in [2.24, 2.45) is 17.8 Å². The Morgan fingerprint density at radius 2 is 1.49 bits per heavy atom. The Morgan fingerprint density at radius 1 is 0.902 bits per heavy atom. The molecule has 0 radical (unpaired) electrons. The zero-order valence-electron chi connectivity index (χ0n) is 34.2. The molecule has 3 N–H and O–H groups in total. The molecule has 0 aliphatic heterocycles. The van der Waals surface area contributed by atoms with E-state index < -0.39 is 0 Å². The van der Waals surface area contributed by atoms with Crippen LogP contribution in [0.3, 0.4) is 0 Å². The second kappa shape index (κ2) is 34.4. The van der Waals surface area contributed by atoms with E-state index in [2.05, 4.69) is 57.7 Å². The third-order valence-electron chi connectivity index (χ3n) is 7.25. The Balaban J connectivity index is -0.000000333. The van der Waals surface area contributed by atoms with Crippen LogP contribution in [0.15, 0.2) is 83.7 Å². The van der Waals surface area contributed by atoms with Gasteiger partial charge in [-0.15, -0.1) is 0 Å². The Hall–Kier alpha value is -4.08. The number of phenols is 2. The van der Waals surface area contributed by atoms with Gasteiger partial charge in [-0.2, -0.15) is 0 Å². The molecule has 3 unspecified atom stereocenters. The summed E-state index contributed by atoms with van der Waals surface area (Å²) in [7, 11) is 7.14. The molecule has 0 amide bonds. The summed E-state index contributed by atoms with van der Waals surface area (Å²) in [5.41, 5.74) is 2.66. The maximum absolute atomic E-state index is 11.5. The first-order valence-electron chi connectivity index (χ1n) is 17.3. The van der Waals surface area contributed by atoms with Crippen molar-refractivity contribution in [2.45, 2.75) is 94.6 Å². The lowest BCUT2D eigenvalue weighted by molar-refractivity contribution is -0.118. The molecule has 0 saturated carbocycles. The number of allylic oxidation sites excluding steroid dienone is 9. The van der Waals surface area contributed by atoms with E-state index in [0.717, 1.165) is 38.2 Å². The SMILES string of the molecule is C/C=C(C)/C=C/C=C/C(OC)C(C)CC(C)CC/C=C(\C)C=O.C=C(OC)/C(=C\C)C(=O)C(C)C.CC.CO.COc1cc(O)c(O)c(OC)c1. The Labute approximate surface area is 310 Å². The van der Waals surface area contributed by atoms with E-state index in [1.807, 2.05) is 47.6 Å². The van der Waals surface area contributed by atoms with Gasteiger partial charge in [-0.1, -0.05) is 96.2 Å². The number of Topliss-reactive ketones (excluding diaryl/α,β-unsaturated/α-hetero) is 1. The number of methoxy groups -OCH3 is 4. The molecule has 0 aliphatic rings. The van der Waals surface area contributed by atoms with Crippen LogP contribution in [0.2, 0.25) is 0 Å². The molecule has 0 fully saturated rings. The van der Waals surface area contributed by atoms with Crippen LogP contribution in [-0.2, 0) is 19.1 Å². The molecule has 1 aromatic rings. The lowest BCUT2D eigenvalue weighted by Gasteiger charge is -2.22. The van der Waals surface area contributed by atoms with E-state index in [9.17, 15) is 14.7 Å². The molecule has 0 aliphatic carbocycles. The van der Waals surface area contributed by atoms with Crippen LogP contribution >= 0.6 is 0 Å². The van der Waals surface area contributed by atoms with Gasteiger partial charge in [0.15, 0.2) is 17.3 Å². The third-order valence-corrected chi connectivity index (χ3v) is 7.25. The van der Waals surface area contributed by atoms with E-state index in [4.69, 9.17) is 29.2 Å². The number of aromatic hydroxyl groups is 2. The number of hydrogen-bond donors (Lipinski definition) is 3. The molecular weight excluding hydrogens is 648 g/mol. The summed E-state index contributed by atoms with van der Waals surface area (Å²) in [6.07, 6.45) is 18.5. The predicted octanol–water partition coefficient (Wildman–Crippen LogP) is 9.74. The molecule has 0 bridgehead atoms. The fraction of sp³-hybridized carbons (Fsp3) is 0.524. The minimum atomic E-state index is -0.279. The smallest absolute Gasteiger partial charge is 0.200 e. The monoisotopic (exact) mass is 719 g/mol. The molecule has 3 atom stereocenters. The van der Waals surface area contributed by atoms with Crippen molar-refractivity contribution >= 4 is 12.1 Å². The van der Waals surface area contributed by atoms with E-state index in [1.54, 1.807) is 20.1 Å². The number of ketones is 1. The predicted molar refractivity (Wildman–Crippen MR) is 213 cm³/mol. The van der Waals surface area contributed by atoms with Crippen LogP contribution in [0.25, 0.3) is 0 Å². The number of aliphatic hydroxyl groups excluding tert-OH is 1. The van der Waals surface area contributed by atoms with Crippen molar-refractivity contribution in [3.05, 3.63) is 83.7 Å². The highest BCUT2D eigenvalue weighted by Gasteiger charge is 2.17. The van der Waals surface area contributed by atoms with Crippen molar-refractivity contribution in [3.8, 4) is 23.0 Å². The fourth-order valence-corrected chi connectivity index (χ4v) is 4.21. The number of ether oxygens (including phenoxy) is 4. The largest absolute Gasteiger partial charge is 0.504 e. The molecule has 0 heterocycles. The number of rotatable bonds is 17. The molecule has 51 heavy (non-hydrogen) atoms. The van der Waals surface area contributed by atoms with Crippen LogP contribution in [0, 0.1) is 17.8 Å². The fourth-order valence-electron chi connectivity index (χ4n) is 4.21. The molecule has 292 valence electrons. The number of hydrogen-bond acceptors (Lipinski definition) is 9. The minimum absolute atomic E-state index is 0.0110. The van der Waals surface area contributed by atoms with E-state index >= 15 is 0 Å². The minimum Gasteiger partial charge on any atom is -0.504 e. The van der Waals surface area contributed by atoms with Crippen LogP contribution in [0.5, 0.6) is 23.0 Å². The van der Waals surface area contributed by atoms with Gasteiger partial charge in [0, 0.05) is 32.3 Å². The van der Waals surface area contributed by atoms with Gasteiger partial charge in [0.2, 0.25) is 5.75 Å². The van der Waals surface area contributed by atoms with Crippen molar-refractivity contribution in [2.75, 3.05) is 35.5 Å². The number of carbonyl (C=O) groups is 2. The summed E-state index contributed by atoms with van der Waals surface area (Å²) < 4.78 is 20.1. The number of phenolic OH excluding ortho intramolecular Hbond substituents is 2. The van der Waals surface area contributed by atoms with Gasteiger partial charge in [-0.05, 0) is 64.4 Å². The zero-order chi connectivity index (χ0) is 40.5. The normalized spacial score (nSPS) is 13.2. The van der Waals surface area contributed by atoms with Gasteiger partial charge < -0.3 is 34.3 Å².